The monoisotopic (exact) mass is 429 g/mol. The summed E-state index contributed by atoms with van der Waals surface area (Å²) >= 11 is 0. The lowest BCUT2D eigenvalue weighted by Gasteiger charge is -2.45. The number of rotatable bonds is 7. The molecule has 1 amide bonds. The molecule has 2 atom stereocenters. The van der Waals surface area contributed by atoms with E-state index >= 15 is 0 Å². The summed E-state index contributed by atoms with van der Waals surface area (Å²) in [6.07, 6.45) is 1.13. The standard InChI is InChI=1S/C25H27N5O2/c26-11-20-4-6-21(7-5-20)13-28-25(31)18-30-16-23-14-29(15-24(17-30)32-23)9-8-19-2-1-3-22(10-19)12-27/h1-7,10,23-24H,8-9,13-18H2,(H,28,31). The van der Waals surface area contributed by atoms with Crippen LogP contribution in [0.5, 0.6) is 0 Å². The molecule has 7 heteroatoms. The lowest BCUT2D eigenvalue weighted by Crippen LogP contribution is -2.60. The normalized spacial score (nSPS) is 20.8. The van der Waals surface area contributed by atoms with Crippen molar-refractivity contribution in [1.82, 2.24) is 15.1 Å². The number of ether oxygens (including phenoxy) is 1. The van der Waals surface area contributed by atoms with E-state index in [1.807, 2.05) is 30.3 Å². The predicted octanol–water partition coefficient (Wildman–Crippen LogP) is 1.67. The number of carbonyl (C=O) groups is 1. The number of fused-ring (bicyclic) bond motifs is 2. The average molecular weight is 430 g/mol. The summed E-state index contributed by atoms with van der Waals surface area (Å²) in [6, 6.07) is 19.3. The van der Waals surface area contributed by atoms with Gasteiger partial charge in [0.05, 0.1) is 42.0 Å². The number of nitriles is 2. The van der Waals surface area contributed by atoms with Gasteiger partial charge >= 0.3 is 0 Å². The van der Waals surface area contributed by atoms with Crippen LogP contribution >= 0.6 is 0 Å². The Morgan fingerprint density at radius 3 is 2.31 bits per heavy atom. The quantitative estimate of drug-likeness (QED) is 0.720. The Morgan fingerprint density at radius 1 is 0.938 bits per heavy atom. The fraction of sp³-hybridized carbons (Fsp3) is 0.400. The molecule has 2 aliphatic rings. The van der Waals surface area contributed by atoms with Crippen molar-refractivity contribution in [2.45, 2.75) is 25.2 Å². The van der Waals surface area contributed by atoms with Crippen molar-refractivity contribution in [3.05, 3.63) is 70.8 Å². The van der Waals surface area contributed by atoms with Crippen molar-refractivity contribution in [3.63, 3.8) is 0 Å². The Morgan fingerprint density at radius 2 is 1.62 bits per heavy atom. The third-order valence-corrected chi connectivity index (χ3v) is 5.94. The molecule has 4 rings (SSSR count). The Kier molecular flexibility index (Phi) is 7.14. The molecule has 2 aliphatic heterocycles. The number of hydrogen-bond acceptors (Lipinski definition) is 6. The fourth-order valence-corrected chi connectivity index (χ4v) is 4.41. The van der Waals surface area contributed by atoms with Gasteiger partial charge in [0.1, 0.15) is 0 Å². The highest BCUT2D eigenvalue weighted by molar-refractivity contribution is 5.78. The van der Waals surface area contributed by atoms with Gasteiger partial charge in [0.25, 0.3) is 0 Å². The highest BCUT2D eigenvalue weighted by Gasteiger charge is 2.35. The minimum atomic E-state index is 0.00330. The molecule has 2 aromatic rings. The van der Waals surface area contributed by atoms with Gasteiger partial charge in [0.2, 0.25) is 5.91 Å². The van der Waals surface area contributed by atoms with Crippen LogP contribution in [-0.4, -0.2) is 67.2 Å². The summed E-state index contributed by atoms with van der Waals surface area (Å²) in [6.45, 7) is 4.99. The van der Waals surface area contributed by atoms with Gasteiger partial charge in [0.15, 0.2) is 0 Å². The number of amides is 1. The first-order valence-electron chi connectivity index (χ1n) is 11.0. The maximum atomic E-state index is 12.4. The van der Waals surface area contributed by atoms with Gasteiger partial charge < -0.3 is 10.1 Å². The number of nitrogens with one attached hydrogen (secondary N) is 1. The molecule has 1 N–H and O–H groups in total. The van der Waals surface area contributed by atoms with E-state index in [9.17, 15) is 4.79 Å². The Balaban J connectivity index is 1.21. The molecule has 0 saturated carbocycles. The van der Waals surface area contributed by atoms with Gasteiger partial charge in [-0.25, -0.2) is 0 Å². The molecule has 2 bridgehead atoms. The second-order valence-electron chi connectivity index (χ2n) is 8.48. The van der Waals surface area contributed by atoms with Gasteiger partial charge in [0, 0.05) is 39.3 Å². The van der Waals surface area contributed by atoms with Gasteiger partial charge in [-0.05, 0) is 41.8 Å². The molecule has 2 saturated heterocycles. The minimum absolute atomic E-state index is 0.00330. The molecule has 2 aromatic carbocycles. The molecule has 32 heavy (non-hydrogen) atoms. The van der Waals surface area contributed by atoms with Crippen molar-refractivity contribution in [1.29, 1.82) is 10.5 Å². The van der Waals surface area contributed by atoms with Crippen molar-refractivity contribution in [2.75, 3.05) is 39.3 Å². The SMILES string of the molecule is N#Cc1ccc(CNC(=O)CN2CC3CN(CCc4cccc(C#N)c4)CC(C2)O3)cc1. The second kappa shape index (κ2) is 10.4. The first-order chi connectivity index (χ1) is 15.6. The van der Waals surface area contributed by atoms with Crippen LogP contribution in [0.2, 0.25) is 0 Å². The van der Waals surface area contributed by atoms with Gasteiger partial charge in [-0.2, -0.15) is 10.5 Å². The molecule has 0 aliphatic carbocycles. The predicted molar refractivity (Wildman–Crippen MR) is 119 cm³/mol. The summed E-state index contributed by atoms with van der Waals surface area (Å²) in [5.74, 6) is 0.00330. The van der Waals surface area contributed by atoms with Crippen LogP contribution in [0.3, 0.4) is 0 Å². The van der Waals surface area contributed by atoms with Crippen LogP contribution in [0.4, 0.5) is 0 Å². The summed E-state index contributed by atoms with van der Waals surface area (Å²) in [7, 11) is 0. The van der Waals surface area contributed by atoms with E-state index in [1.165, 1.54) is 5.56 Å². The van der Waals surface area contributed by atoms with E-state index in [2.05, 4.69) is 33.3 Å². The van der Waals surface area contributed by atoms with Crippen molar-refractivity contribution >= 4 is 5.91 Å². The van der Waals surface area contributed by atoms with E-state index < -0.39 is 0 Å². The Bertz CT molecular complexity index is 1010. The largest absolute Gasteiger partial charge is 0.370 e. The van der Waals surface area contributed by atoms with Gasteiger partial charge in [-0.3, -0.25) is 14.6 Å². The highest BCUT2D eigenvalue weighted by Crippen LogP contribution is 2.19. The van der Waals surface area contributed by atoms with Gasteiger partial charge in [-0.15, -0.1) is 0 Å². The number of nitrogens with zero attached hydrogens (tertiary/aromatic N) is 4. The van der Waals surface area contributed by atoms with Crippen LogP contribution < -0.4 is 5.32 Å². The fourth-order valence-electron chi connectivity index (χ4n) is 4.41. The van der Waals surface area contributed by atoms with Crippen LogP contribution in [0.15, 0.2) is 48.5 Å². The molecular formula is C25H27N5O2. The second-order valence-corrected chi connectivity index (χ2v) is 8.48. The zero-order valence-corrected chi connectivity index (χ0v) is 18.0. The van der Waals surface area contributed by atoms with Gasteiger partial charge in [-0.1, -0.05) is 24.3 Å². The molecule has 2 unspecified atom stereocenters. The molecule has 0 spiro atoms. The number of benzene rings is 2. The number of morpholine rings is 2. The molecule has 0 aromatic heterocycles. The van der Waals surface area contributed by atoms with E-state index in [1.54, 1.807) is 12.1 Å². The smallest absolute Gasteiger partial charge is 0.234 e. The van der Waals surface area contributed by atoms with Crippen molar-refractivity contribution in [3.8, 4) is 12.1 Å². The molecule has 7 nitrogen and oxygen atoms in total. The molecular weight excluding hydrogens is 402 g/mol. The minimum Gasteiger partial charge on any atom is -0.370 e. The lowest BCUT2D eigenvalue weighted by atomic mass is 10.1. The number of hydrogen-bond donors (Lipinski definition) is 1. The van der Waals surface area contributed by atoms with E-state index in [0.29, 0.717) is 24.2 Å². The lowest BCUT2D eigenvalue weighted by molar-refractivity contribution is -0.144. The summed E-state index contributed by atoms with van der Waals surface area (Å²) in [4.78, 5) is 17.0. The molecule has 0 radical (unpaired) electrons. The molecule has 2 fully saturated rings. The first-order valence-corrected chi connectivity index (χ1v) is 11.0. The van der Waals surface area contributed by atoms with E-state index in [-0.39, 0.29) is 18.1 Å². The summed E-state index contributed by atoms with van der Waals surface area (Å²) < 4.78 is 6.12. The summed E-state index contributed by atoms with van der Waals surface area (Å²) in [5, 5.41) is 20.9. The third-order valence-electron chi connectivity index (χ3n) is 5.94. The molecule has 164 valence electrons. The Labute approximate surface area is 188 Å². The third kappa shape index (κ3) is 5.93. The zero-order chi connectivity index (χ0) is 22.3. The van der Waals surface area contributed by atoms with Crippen molar-refractivity contribution < 1.29 is 9.53 Å². The number of carbonyl (C=O) groups excluding carboxylic acids is 1. The highest BCUT2D eigenvalue weighted by atomic mass is 16.5. The maximum absolute atomic E-state index is 12.4. The van der Waals surface area contributed by atoms with E-state index in [4.69, 9.17) is 15.3 Å². The summed E-state index contributed by atoms with van der Waals surface area (Å²) in [5.41, 5.74) is 3.48. The zero-order valence-electron chi connectivity index (χ0n) is 18.0. The van der Waals surface area contributed by atoms with Crippen LogP contribution in [0.25, 0.3) is 0 Å². The average Bonchev–Trinajstić information content (AvgIpc) is 2.81. The first kappa shape index (κ1) is 22.0. The van der Waals surface area contributed by atoms with Crippen LogP contribution in [0.1, 0.15) is 22.3 Å². The topological polar surface area (TPSA) is 92.4 Å². The Hall–Kier alpha value is -3.23. The maximum Gasteiger partial charge on any atom is 0.234 e. The van der Waals surface area contributed by atoms with Crippen LogP contribution in [-0.2, 0) is 22.5 Å². The van der Waals surface area contributed by atoms with Crippen LogP contribution in [0, 0.1) is 22.7 Å². The van der Waals surface area contributed by atoms with Crippen molar-refractivity contribution in [2.24, 2.45) is 0 Å². The molecule has 2 heterocycles. The van der Waals surface area contributed by atoms with E-state index in [0.717, 1.165) is 44.7 Å².